The summed E-state index contributed by atoms with van der Waals surface area (Å²) in [6, 6.07) is 8.92. The Bertz CT molecular complexity index is 542. The van der Waals surface area contributed by atoms with E-state index in [1.54, 1.807) is 6.26 Å². The van der Waals surface area contributed by atoms with Crippen LogP contribution in [0.1, 0.15) is 41.0 Å². The summed E-state index contributed by atoms with van der Waals surface area (Å²) in [5.41, 5.74) is 5.27. The zero-order chi connectivity index (χ0) is 13.8. The average molecular weight is 257 g/mol. The molecule has 0 aliphatic heterocycles. The molecule has 19 heavy (non-hydrogen) atoms. The van der Waals surface area contributed by atoms with E-state index in [0.717, 1.165) is 18.7 Å². The van der Waals surface area contributed by atoms with Crippen molar-refractivity contribution in [3.8, 4) is 0 Å². The molecule has 2 rings (SSSR count). The Hall–Kier alpha value is -1.54. The second kappa shape index (κ2) is 6.07. The van der Waals surface area contributed by atoms with Crippen molar-refractivity contribution in [2.75, 3.05) is 6.54 Å². The average Bonchev–Trinajstić information content (AvgIpc) is 2.79. The van der Waals surface area contributed by atoms with Crippen molar-refractivity contribution in [3.05, 3.63) is 58.5 Å². The van der Waals surface area contributed by atoms with Crippen molar-refractivity contribution in [3.63, 3.8) is 0 Å². The number of benzene rings is 1. The predicted molar refractivity (Wildman–Crippen MR) is 79.5 cm³/mol. The summed E-state index contributed by atoms with van der Waals surface area (Å²) in [4.78, 5) is 0. The second-order valence-electron chi connectivity index (χ2n) is 5.21. The molecule has 1 heterocycles. The summed E-state index contributed by atoms with van der Waals surface area (Å²) in [7, 11) is 0. The molecule has 1 atom stereocenters. The van der Waals surface area contributed by atoms with Crippen LogP contribution in [0, 0.1) is 20.8 Å². The lowest BCUT2D eigenvalue weighted by molar-refractivity contribution is 0.413. The summed E-state index contributed by atoms with van der Waals surface area (Å²) in [6.45, 7) is 9.49. The number of likely N-dealkylation sites (N-methyl/N-ethyl adjacent to an activating group) is 1. The minimum Gasteiger partial charge on any atom is -0.467 e. The summed E-state index contributed by atoms with van der Waals surface area (Å²) in [5, 5.41) is 3.53. The standard InChI is InChI=1S/C17H23NO/c1-5-18-16(17-14(4)8-9-19-17)11-15-10-12(2)6-7-13(15)3/h6-10,16,18H,5,11H2,1-4H3. The van der Waals surface area contributed by atoms with Gasteiger partial charge in [-0.15, -0.1) is 0 Å². The van der Waals surface area contributed by atoms with E-state index >= 15 is 0 Å². The number of nitrogens with one attached hydrogen (secondary N) is 1. The van der Waals surface area contributed by atoms with Gasteiger partial charge in [0, 0.05) is 0 Å². The maximum atomic E-state index is 5.66. The first-order chi connectivity index (χ1) is 9.11. The van der Waals surface area contributed by atoms with E-state index in [2.05, 4.69) is 51.2 Å². The van der Waals surface area contributed by atoms with E-state index in [4.69, 9.17) is 4.42 Å². The Morgan fingerprint density at radius 3 is 2.53 bits per heavy atom. The molecule has 0 amide bonds. The van der Waals surface area contributed by atoms with Gasteiger partial charge in [0.1, 0.15) is 5.76 Å². The summed E-state index contributed by atoms with van der Waals surface area (Å²) in [5.74, 6) is 1.06. The van der Waals surface area contributed by atoms with Crippen LogP contribution in [-0.2, 0) is 6.42 Å². The molecule has 0 spiro atoms. The lowest BCUT2D eigenvalue weighted by atomic mass is 9.96. The third kappa shape index (κ3) is 3.27. The Morgan fingerprint density at radius 2 is 1.89 bits per heavy atom. The van der Waals surface area contributed by atoms with Gasteiger partial charge in [-0.2, -0.15) is 0 Å². The van der Waals surface area contributed by atoms with E-state index in [1.165, 1.54) is 22.3 Å². The molecule has 0 bridgehead atoms. The van der Waals surface area contributed by atoms with Crippen LogP contribution in [0.15, 0.2) is 34.9 Å². The maximum Gasteiger partial charge on any atom is 0.123 e. The molecule has 1 aromatic heterocycles. The molecule has 2 aromatic rings. The van der Waals surface area contributed by atoms with Gasteiger partial charge in [-0.05, 0) is 56.5 Å². The normalized spacial score (nSPS) is 12.6. The second-order valence-corrected chi connectivity index (χ2v) is 5.21. The maximum absolute atomic E-state index is 5.66. The molecule has 0 saturated carbocycles. The number of rotatable bonds is 5. The van der Waals surface area contributed by atoms with E-state index in [-0.39, 0.29) is 6.04 Å². The van der Waals surface area contributed by atoms with Gasteiger partial charge in [-0.25, -0.2) is 0 Å². The highest BCUT2D eigenvalue weighted by Gasteiger charge is 2.17. The van der Waals surface area contributed by atoms with Gasteiger partial charge in [0.05, 0.1) is 12.3 Å². The van der Waals surface area contributed by atoms with Crippen LogP contribution >= 0.6 is 0 Å². The van der Waals surface area contributed by atoms with Gasteiger partial charge >= 0.3 is 0 Å². The molecular weight excluding hydrogens is 234 g/mol. The first-order valence-corrected chi connectivity index (χ1v) is 6.95. The summed E-state index contributed by atoms with van der Waals surface area (Å²) < 4.78 is 5.66. The molecule has 1 aromatic carbocycles. The molecule has 102 valence electrons. The molecular formula is C17H23NO. The van der Waals surface area contributed by atoms with Crippen LogP contribution in [0.4, 0.5) is 0 Å². The van der Waals surface area contributed by atoms with Crippen molar-refractivity contribution >= 4 is 0 Å². The fourth-order valence-corrected chi connectivity index (χ4v) is 2.49. The number of hydrogen-bond acceptors (Lipinski definition) is 2. The first-order valence-electron chi connectivity index (χ1n) is 6.95. The minimum absolute atomic E-state index is 0.250. The highest BCUT2D eigenvalue weighted by molar-refractivity contribution is 5.32. The number of hydrogen-bond donors (Lipinski definition) is 1. The zero-order valence-corrected chi connectivity index (χ0v) is 12.3. The van der Waals surface area contributed by atoms with Crippen LogP contribution in [0.5, 0.6) is 0 Å². The van der Waals surface area contributed by atoms with Gasteiger partial charge in [0.15, 0.2) is 0 Å². The number of furan rings is 1. The van der Waals surface area contributed by atoms with Crippen LogP contribution in [-0.4, -0.2) is 6.54 Å². The van der Waals surface area contributed by atoms with E-state index < -0.39 is 0 Å². The third-order valence-electron chi connectivity index (χ3n) is 3.60. The molecule has 2 nitrogen and oxygen atoms in total. The molecule has 1 unspecified atom stereocenters. The quantitative estimate of drug-likeness (QED) is 0.872. The van der Waals surface area contributed by atoms with E-state index in [1.807, 2.05) is 6.07 Å². The van der Waals surface area contributed by atoms with Crippen molar-refractivity contribution in [2.45, 2.75) is 40.2 Å². The van der Waals surface area contributed by atoms with Crippen LogP contribution in [0.25, 0.3) is 0 Å². The molecule has 0 fully saturated rings. The van der Waals surface area contributed by atoms with Gasteiger partial charge in [-0.3, -0.25) is 0 Å². The lowest BCUT2D eigenvalue weighted by Gasteiger charge is -2.18. The van der Waals surface area contributed by atoms with E-state index in [0.29, 0.717) is 0 Å². The van der Waals surface area contributed by atoms with Gasteiger partial charge in [0.2, 0.25) is 0 Å². The Kier molecular flexibility index (Phi) is 4.43. The van der Waals surface area contributed by atoms with Crippen LogP contribution in [0.2, 0.25) is 0 Å². The first kappa shape index (κ1) is 13.9. The summed E-state index contributed by atoms with van der Waals surface area (Å²) >= 11 is 0. The molecule has 0 radical (unpaired) electrons. The topological polar surface area (TPSA) is 25.2 Å². The zero-order valence-electron chi connectivity index (χ0n) is 12.3. The SMILES string of the molecule is CCNC(Cc1cc(C)ccc1C)c1occc1C. The smallest absolute Gasteiger partial charge is 0.123 e. The molecule has 0 saturated heterocycles. The van der Waals surface area contributed by atoms with Crippen molar-refractivity contribution in [1.29, 1.82) is 0 Å². The molecule has 0 aliphatic rings. The summed E-state index contributed by atoms with van der Waals surface area (Å²) in [6.07, 6.45) is 2.74. The minimum atomic E-state index is 0.250. The highest BCUT2D eigenvalue weighted by Crippen LogP contribution is 2.24. The molecule has 1 N–H and O–H groups in total. The highest BCUT2D eigenvalue weighted by atomic mass is 16.3. The molecule has 2 heteroatoms. The fraction of sp³-hybridized carbons (Fsp3) is 0.412. The van der Waals surface area contributed by atoms with Gasteiger partial charge in [-0.1, -0.05) is 30.7 Å². The van der Waals surface area contributed by atoms with Crippen LogP contribution < -0.4 is 5.32 Å². The van der Waals surface area contributed by atoms with Crippen LogP contribution in [0.3, 0.4) is 0 Å². The third-order valence-corrected chi connectivity index (χ3v) is 3.60. The number of aryl methyl sites for hydroxylation is 3. The Morgan fingerprint density at radius 1 is 1.11 bits per heavy atom. The largest absolute Gasteiger partial charge is 0.467 e. The molecule has 0 aliphatic carbocycles. The van der Waals surface area contributed by atoms with Crippen molar-refractivity contribution in [1.82, 2.24) is 5.32 Å². The monoisotopic (exact) mass is 257 g/mol. The van der Waals surface area contributed by atoms with Gasteiger partial charge in [0.25, 0.3) is 0 Å². The van der Waals surface area contributed by atoms with E-state index in [9.17, 15) is 0 Å². The van der Waals surface area contributed by atoms with Crippen molar-refractivity contribution in [2.24, 2.45) is 0 Å². The lowest BCUT2D eigenvalue weighted by Crippen LogP contribution is -2.23. The fourth-order valence-electron chi connectivity index (χ4n) is 2.49. The Labute approximate surface area is 115 Å². The van der Waals surface area contributed by atoms with Gasteiger partial charge < -0.3 is 9.73 Å². The predicted octanol–water partition coefficient (Wildman–Crippen LogP) is 4.10. The Balaban J connectivity index is 2.26. The van der Waals surface area contributed by atoms with Crippen molar-refractivity contribution < 1.29 is 4.42 Å².